The zero-order chi connectivity index (χ0) is 22.2. The van der Waals surface area contributed by atoms with Gasteiger partial charge in [-0.3, -0.25) is 4.79 Å². The zero-order valence-electron chi connectivity index (χ0n) is 17.2. The summed E-state index contributed by atoms with van der Waals surface area (Å²) >= 11 is 6.32. The van der Waals surface area contributed by atoms with Crippen LogP contribution >= 0.6 is 11.6 Å². The van der Waals surface area contributed by atoms with Crippen LogP contribution in [0.1, 0.15) is 45.1 Å². The van der Waals surface area contributed by atoms with Crippen molar-refractivity contribution in [1.29, 1.82) is 0 Å². The predicted octanol–water partition coefficient (Wildman–Crippen LogP) is 5.29. The van der Waals surface area contributed by atoms with E-state index in [4.69, 9.17) is 11.6 Å². The Morgan fingerprint density at radius 1 is 1.09 bits per heavy atom. The minimum absolute atomic E-state index is 0.237. The van der Waals surface area contributed by atoms with Crippen LogP contribution in [0.25, 0.3) is 0 Å². The summed E-state index contributed by atoms with van der Waals surface area (Å²) < 4.78 is 13.9. The van der Waals surface area contributed by atoms with Crippen molar-refractivity contribution in [2.24, 2.45) is 0 Å². The number of nitrogens with zero attached hydrogens (tertiary/aromatic N) is 1. The van der Waals surface area contributed by atoms with Crippen molar-refractivity contribution in [2.45, 2.75) is 25.4 Å². The second kappa shape index (κ2) is 8.28. The smallest absolute Gasteiger partial charge is 0.322 e. The Kier molecular flexibility index (Phi) is 5.31. The molecule has 0 bridgehead atoms. The summed E-state index contributed by atoms with van der Waals surface area (Å²) in [5, 5.41) is 6.19. The van der Waals surface area contributed by atoms with Crippen molar-refractivity contribution in [2.75, 3.05) is 11.9 Å². The lowest BCUT2D eigenvalue weighted by Gasteiger charge is -2.23. The van der Waals surface area contributed by atoms with Gasteiger partial charge in [0.05, 0.1) is 6.04 Å². The van der Waals surface area contributed by atoms with Crippen LogP contribution < -0.4 is 10.6 Å². The van der Waals surface area contributed by atoms with Crippen molar-refractivity contribution in [1.82, 2.24) is 10.2 Å². The monoisotopic (exact) mass is 449 g/mol. The fourth-order valence-corrected chi connectivity index (χ4v) is 4.73. The van der Waals surface area contributed by atoms with Gasteiger partial charge in [0, 0.05) is 40.5 Å². The first-order chi connectivity index (χ1) is 15.5. The number of anilines is 1. The Bertz CT molecular complexity index is 1230. The standard InChI is InChI=1S/C25H21ClFN3O2/c26-20-11-10-17(27)13-19(20)23-22-18(24(31)29-23)8-3-9-21(22)28-25(32)30-12-4-7-15-5-1-2-6-16(15)14-30/h1-3,5-6,8-11,13,23H,4,7,12,14H2,(H,28,32)(H,29,31). The molecule has 1 atom stereocenters. The number of carbonyl (C=O) groups is 2. The average molecular weight is 450 g/mol. The van der Waals surface area contributed by atoms with Gasteiger partial charge in [0.2, 0.25) is 0 Å². The number of aryl methyl sites for hydroxylation is 1. The largest absolute Gasteiger partial charge is 0.341 e. The number of nitrogens with one attached hydrogen (secondary N) is 2. The van der Waals surface area contributed by atoms with Gasteiger partial charge in [0.15, 0.2) is 0 Å². The van der Waals surface area contributed by atoms with Crippen LogP contribution in [-0.2, 0) is 13.0 Å². The summed E-state index contributed by atoms with van der Waals surface area (Å²) in [6.45, 7) is 1.15. The highest BCUT2D eigenvalue weighted by Crippen LogP contribution is 2.39. The maximum Gasteiger partial charge on any atom is 0.322 e. The molecule has 2 heterocycles. The van der Waals surface area contributed by atoms with Gasteiger partial charge in [-0.1, -0.05) is 41.9 Å². The molecule has 0 aromatic heterocycles. The summed E-state index contributed by atoms with van der Waals surface area (Å²) in [6.07, 6.45) is 1.80. The van der Waals surface area contributed by atoms with Crippen LogP contribution in [-0.4, -0.2) is 23.4 Å². The minimum atomic E-state index is -0.651. The van der Waals surface area contributed by atoms with Crippen LogP contribution in [0, 0.1) is 5.82 Å². The summed E-state index contributed by atoms with van der Waals surface area (Å²) in [6, 6.07) is 16.5. The van der Waals surface area contributed by atoms with E-state index in [1.54, 1.807) is 23.1 Å². The SMILES string of the molecule is O=C1NC(c2cc(F)ccc2Cl)c2c(NC(=O)N3CCCc4ccccc4C3)cccc21. The van der Waals surface area contributed by atoms with E-state index in [-0.39, 0.29) is 11.9 Å². The van der Waals surface area contributed by atoms with Crippen molar-refractivity contribution in [3.05, 3.63) is 99.3 Å². The second-order valence-electron chi connectivity index (χ2n) is 8.06. The van der Waals surface area contributed by atoms with Crippen LogP contribution in [0.2, 0.25) is 5.02 Å². The Morgan fingerprint density at radius 3 is 2.75 bits per heavy atom. The fraction of sp³-hybridized carbons (Fsp3) is 0.200. The summed E-state index contributed by atoms with van der Waals surface area (Å²) in [5.74, 6) is -0.734. The average Bonchev–Trinajstić information content (AvgIpc) is 2.98. The molecule has 3 amide bonds. The topological polar surface area (TPSA) is 61.4 Å². The van der Waals surface area contributed by atoms with E-state index in [1.807, 2.05) is 18.2 Å². The van der Waals surface area contributed by atoms with Crippen molar-refractivity contribution in [3.63, 3.8) is 0 Å². The van der Waals surface area contributed by atoms with Gasteiger partial charge in [-0.25, -0.2) is 9.18 Å². The maximum atomic E-state index is 13.9. The van der Waals surface area contributed by atoms with Gasteiger partial charge in [-0.05, 0) is 54.3 Å². The number of hydrogen-bond acceptors (Lipinski definition) is 2. The quantitative estimate of drug-likeness (QED) is 0.558. The second-order valence-corrected chi connectivity index (χ2v) is 8.47. The molecule has 2 N–H and O–H groups in total. The van der Waals surface area contributed by atoms with Gasteiger partial charge >= 0.3 is 6.03 Å². The van der Waals surface area contributed by atoms with E-state index in [1.165, 1.54) is 23.8 Å². The normalized spacial score (nSPS) is 17.2. The molecule has 32 heavy (non-hydrogen) atoms. The number of rotatable bonds is 2. The lowest BCUT2D eigenvalue weighted by Crippen LogP contribution is -2.35. The molecule has 7 heteroatoms. The molecular formula is C25H21ClFN3O2. The minimum Gasteiger partial charge on any atom is -0.341 e. The first kappa shape index (κ1) is 20.5. The Labute approximate surface area is 190 Å². The van der Waals surface area contributed by atoms with Crippen LogP contribution in [0.5, 0.6) is 0 Å². The van der Waals surface area contributed by atoms with Crippen LogP contribution in [0.15, 0.2) is 60.7 Å². The summed E-state index contributed by atoms with van der Waals surface area (Å²) in [7, 11) is 0. The molecule has 5 rings (SSSR count). The van der Waals surface area contributed by atoms with Gasteiger partial charge in [0.1, 0.15) is 5.82 Å². The third kappa shape index (κ3) is 3.71. The Hall–Kier alpha value is -3.38. The third-order valence-electron chi connectivity index (χ3n) is 6.07. The molecule has 5 nitrogen and oxygen atoms in total. The molecule has 0 saturated carbocycles. The number of amides is 3. The molecule has 2 aliphatic rings. The highest BCUT2D eigenvalue weighted by molar-refractivity contribution is 6.31. The Balaban J connectivity index is 1.46. The molecule has 2 aliphatic heterocycles. The Morgan fingerprint density at radius 2 is 1.91 bits per heavy atom. The third-order valence-corrected chi connectivity index (χ3v) is 6.41. The van der Waals surface area contributed by atoms with Gasteiger partial charge in [0.25, 0.3) is 5.91 Å². The summed E-state index contributed by atoms with van der Waals surface area (Å²) in [4.78, 5) is 27.6. The van der Waals surface area contributed by atoms with Crippen LogP contribution in [0.3, 0.4) is 0 Å². The van der Waals surface area contributed by atoms with Crippen molar-refractivity contribution < 1.29 is 14.0 Å². The van der Waals surface area contributed by atoms with Gasteiger partial charge in [-0.15, -0.1) is 0 Å². The number of fused-ring (bicyclic) bond motifs is 2. The van der Waals surface area contributed by atoms with Crippen LogP contribution in [0.4, 0.5) is 14.9 Å². The number of halogens is 2. The lowest BCUT2D eigenvalue weighted by molar-refractivity contribution is 0.0960. The zero-order valence-corrected chi connectivity index (χ0v) is 18.0. The summed E-state index contributed by atoms with van der Waals surface area (Å²) in [5.41, 5.74) is 4.39. The van der Waals surface area contributed by atoms with E-state index in [9.17, 15) is 14.0 Å². The van der Waals surface area contributed by atoms with Crippen molar-refractivity contribution >= 4 is 29.2 Å². The highest BCUT2D eigenvalue weighted by atomic mass is 35.5. The molecule has 0 saturated heterocycles. The molecular weight excluding hydrogens is 429 g/mol. The highest BCUT2D eigenvalue weighted by Gasteiger charge is 2.34. The van der Waals surface area contributed by atoms with E-state index in [0.717, 1.165) is 18.4 Å². The van der Waals surface area contributed by atoms with E-state index < -0.39 is 11.9 Å². The van der Waals surface area contributed by atoms with E-state index in [2.05, 4.69) is 16.7 Å². The van der Waals surface area contributed by atoms with Gasteiger partial charge in [-0.2, -0.15) is 0 Å². The molecule has 162 valence electrons. The van der Waals surface area contributed by atoms with Gasteiger partial charge < -0.3 is 15.5 Å². The number of urea groups is 1. The molecule has 0 aliphatic carbocycles. The molecule has 0 fully saturated rings. The van der Waals surface area contributed by atoms with Crippen molar-refractivity contribution in [3.8, 4) is 0 Å². The first-order valence-electron chi connectivity index (χ1n) is 10.5. The molecule has 0 spiro atoms. The number of carbonyl (C=O) groups excluding carboxylic acids is 2. The molecule has 1 unspecified atom stereocenters. The molecule has 3 aromatic rings. The van der Waals surface area contributed by atoms with E-state index >= 15 is 0 Å². The fourth-order valence-electron chi connectivity index (χ4n) is 4.50. The maximum absolute atomic E-state index is 13.9. The number of hydrogen-bond donors (Lipinski definition) is 2. The lowest BCUT2D eigenvalue weighted by atomic mass is 9.96. The molecule has 0 radical (unpaired) electrons. The first-order valence-corrected chi connectivity index (χ1v) is 10.9. The van der Waals surface area contributed by atoms with E-state index in [0.29, 0.717) is 40.5 Å². The molecule has 3 aromatic carbocycles. The number of benzene rings is 3. The predicted molar refractivity (Wildman–Crippen MR) is 121 cm³/mol.